The third kappa shape index (κ3) is 6.48. The van der Waals surface area contributed by atoms with E-state index >= 15 is 0 Å². The van der Waals surface area contributed by atoms with Gasteiger partial charge in [-0.1, -0.05) is 19.0 Å². The first kappa shape index (κ1) is 24.5. The average Bonchev–Trinajstić information content (AvgIpc) is 2.62. The molecule has 27 heavy (non-hydrogen) atoms. The van der Waals surface area contributed by atoms with E-state index in [-0.39, 0.29) is 10.5 Å². The Morgan fingerprint density at radius 1 is 1.22 bits per heavy atom. The Labute approximate surface area is 171 Å². The molecule has 1 unspecified atom stereocenters. The number of hydrogen-bond donors (Lipinski definition) is 0. The van der Waals surface area contributed by atoms with Gasteiger partial charge in [-0.25, -0.2) is 13.3 Å². The highest BCUT2D eigenvalue weighted by Crippen LogP contribution is 2.57. The zero-order valence-corrected chi connectivity index (χ0v) is 19.7. The monoisotopic (exact) mass is 460 g/mol. The average molecular weight is 461 g/mol. The maximum Gasteiger partial charge on any atom is 0.448 e. The van der Waals surface area contributed by atoms with Crippen LogP contribution in [0.5, 0.6) is 0 Å². The van der Waals surface area contributed by atoms with Crippen LogP contribution in [0.25, 0.3) is 0 Å². The van der Waals surface area contributed by atoms with E-state index in [2.05, 4.69) is 5.16 Å². The minimum absolute atomic E-state index is 0.0192. The van der Waals surface area contributed by atoms with Crippen LogP contribution in [0.1, 0.15) is 13.8 Å². The zero-order valence-electron chi connectivity index (χ0n) is 16.3. The van der Waals surface area contributed by atoms with Gasteiger partial charge in [-0.05, 0) is 18.1 Å². The molecule has 0 spiro atoms. The molecule has 1 fully saturated rings. The number of carbonyl (C=O) groups excluding carboxylic acids is 2. The molecule has 0 aliphatic carbocycles. The number of carbonyl (C=O) groups is 2. The molecule has 0 saturated carbocycles. The molecule has 14 heteroatoms. The van der Waals surface area contributed by atoms with Crippen molar-refractivity contribution < 1.29 is 27.7 Å². The molecule has 156 valence electrons. The quantitative estimate of drug-likeness (QED) is 0.205. The molecule has 0 aromatic carbocycles. The molecule has 0 N–H and O–H groups in total. The molecule has 0 bridgehead atoms. The molecule has 1 aliphatic rings. The molecular weight excluding hydrogens is 435 g/mol. The van der Waals surface area contributed by atoms with Gasteiger partial charge in [0.15, 0.2) is 0 Å². The van der Waals surface area contributed by atoms with E-state index in [1.165, 1.54) is 23.1 Å². The lowest BCUT2D eigenvalue weighted by atomic mass is 9.97. The Balaban J connectivity index is 2.78. The van der Waals surface area contributed by atoms with Crippen LogP contribution in [0.15, 0.2) is 5.16 Å². The van der Waals surface area contributed by atoms with Crippen molar-refractivity contribution in [3.63, 3.8) is 0 Å². The van der Waals surface area contributed by atoms with E-state index < -0.39 is 29.8 Å². The summed E-state index contributed by atoms with van der Waals surface area (Å²) in [6.07, 6.45) is 0.603. The summed E-state index contributed by atoms with van der Waals surface area (Å²) < 4.78 is 25.9. The van der Waals surface area contributed by atoms with Crippen LogP contribution in [0.4, 0.5) is 4.79 Å². The van der Waals surface area contributed by atoms with Crippen molar-refractivity contribution in [1.29, 1.82) is 0 Å². The summed E-state index contributed by atoms with van der Waals surface area (Å²) in [7, 11) is 5.80. The SMILES string of the molecule is CSC(=NOC(=O)N(C)S(=O)N(C)P1(=S)OCC(C)(C)CO1)C(=O)N(C)C. The van der Waals surface area contributed by atoms with E-state index in [9.17, 15) is 13.8 Å². The van der Waals surface area contributed by atoms with Crippen LogP contribution in [0.3, 0.4) is 0 Å². The lowest BCUT2D eigenvalue weighted by Gasteiger charge is -2.39. The van der Waals surface area contributed by atoms with Crippen molar-refractivity contribution >= 4 is 58.4 Å². The van der Waals surface area contributed by atoms with Crippen LogP contribution in [0, 0.1) is 5.41 Å². The van der Waals surface area contributed by atoms with Crippen molar-refractivity contribution in [2.24, 2.45) is 10.6 Å². The number of hydrogen-bond acceptors (Lipinski definition) is 9. The number of oxime groups is 1. The van der Waals surface area contributed by atoms with E-state index in [1.54, 1.807) is 20.4 Å². The van der Waals surface area contributed by atoms with Crippen LogP contribution in [-0.2, 0) is 41.7 Å². The van der Waals surface area contributed by atoms with Crippen molar-refractivity contribution in [3.05, 3.63) is 0 Å². The predicted octanol–water partition coefficient (Wildman–Crippen LogP) is 1.63. The number of rotatable bonds is 4. The molecule has 0 aromatic rings. The Morgan fingerprint density at radius 2 is 1.74 bits per heavy atom. The minimum atomic E-state index is -2.99. The van der Waals surface area contributed by atoms with Gasteiger partial charge in [0.2, 0.25) is 16.2 Å². The largest absolute Gasteiger partial charge is 0.448 e. The van der Waals surface area contributed by atoms with Crippen molar-refractivity contribution in [1.82, 2.24) is 13.3 Å². The van der Waals surface area contributed by atoms with E-state index in [4.69, 9.17) is 25.7 Å². The first-order chi connectivity index (χ1) is 12.3. The third-order valence-electron chi connectivity index (χ3n) is 3.29. The predicted molar refractivity (Wildman–Crippen MR) is 110 cm³/mol. The smallest absolute Gasteiger partial charge is 0.343 e. The summed E-state index contributed by atoms with van der Waals surface area (Å²) in [6.45, 7) is 1.64. The van der Waals surface area contributed by atoms with E-state index in [0.29, 0.717) is 13.2 Å². The van der Waals surface area contributed by atoms with Gasteiger partial charge in [0.25, 0.3) is 12.5 Å². The lowest BCUT2D eigenvalue weighted by Crippen LogP contribution is -2.40. The van der Waals surface area contributed by atoms with Crippen molar-refractivity contribution in [3.8, 4) is 0 Å². The van der Waals surface area contributed by atoms with Gasteiger partial charge < -0.3 is 13.9 Å². The van der Waals surface area contributed by atoms with Crippen molar-refractivity contribution in [2.45, 2.75) is 13.8 Å². The van der Waals surface area contributed by atoms with Crippen LogP contribution < -0.4 is 0 Å². The first-order valence-electron chi connectivity index (χ1n) is 7.68. The molecule has 1 aliphatic heterocycles. The minimum Gasteiger partial charge on any atom is -0.343 e. The van der Waals surface area contributed by atoms with Crippen LogP contribution >= 0.6 is 18.4 Å². The fraction of sp³-hybridized carbons (Fsp3) is 0.769. The highest BCUT2D eigenvalue weighted by Gasteiger charge is 2.40. The molecule has 1 atom stereocenters. The lowest BCUT2D eigenvalue weighted by molar-refractivity contribution is -0.121. The molecule has 1 heterocycles. The summed E-state index contributed by atoms with van der Waals surface area (Å²) >= 11 is 4.39. The van der Waals surface area contributed by atoms with Gasteiger partial charge >= 0.3 is 6.09 Å². The molecule has 1 saturated heterocycles. The second-order valence-corrected chi connectivity index (χ2v) is 12.6. The fourth-order valence-corrected chi connectivity index (χ4v) is 6.11. The number of thioether (sulfide) groups is 1. The van der Waals surface area contributed by atoms with Gasteiger partial charge in [0.05, 0.1) is 13.2 Å². The van der Waals surface area contributed by atoms with Gasteiger partial charge in [0, 0.05) is 33.6 Å². The summed E-state index contributed by atoms with van der Waals surface area (Å²) in [4.78, 5) is 30.0. The molecule has 0 radical (unpaired) electrons. The Morgan fingerprint density at radius 3 is 2.19 bits per heavy atom. The van der Waals surface area contributed by atoms with Gasteiger partial charge in [-0.3, -0.25) is 9.63 Å². The highest BCUT2D eigenvalue weighted by atomic mass is 32.5. The second kappa shape index (κ2) is 9.77. The Kier molecular flexibility index (Phi) is 8.86. The maximum absolute atomic E-state index is 12.6. The van der Waals surface area contributed by atoms with E-state index in [0.717, 1.165) is 16.1 Å². The molecule has 2 amide bonds. The van der Waals surface area contributed by atoms with Crippen molar-refractivity contribution in [2.75, 3.05) is 47.7 Å². The Bertz CT molecular complexity index is 673. The zero-order chi connectivity index (χ0) is 21.0. The van der Waals surface area contributed by atoms with Gasteiger partial charge in [-0.15, -0.1) is 15.8 Å². The molecule has 0 aromatic heterocycles. The summed E-state index contributed by atoms with van der Waals surface area (Å²) in [5.41, 5.74) is -0.197. The fourth-order valence-electron chi connectivity index (χ4n) is 1.57. The standard InChI is InChI=1S/C13H25N4O6PS3/c1-13(2)8-21-24(25,22-9-13)17(6)27(20)16(5)12(19)23-14-10(26-7)11(18)15(3)4/h8-9H2,1-7H3. The number of amides is 2. The third-order valence-corrected chi connectivity index (χ3v) is 9.34. The second-order valence-electron chi connectivity index (χ2n) is 6.53. The summed E-state index contributed by atoms with van der Waals surface area (Å²) in [5.74, 6) is -0.418. The highest BCUT2D eigenvalue weighted by molar-refractivity contribution is 8.15. The van der Waals surface area contributed by atoms with Crippen LogP contribution in [0.2, 0.25) is 0 Å². The van der Waals surface area contributed by atoms with Gasteiger partial charge in [0.1, 0.15) is 0 Å². The van der Waals surface area contributed by atoms with E-state index in [1.807, 2.05) is 13.8 Å². The molecule has 10 nitrogen and oxygen atoms in total. The number of nitrogens with zero attached hydrogens (tertiary/aromatic N) is 4. The normalized spacial score (nSPS) is 20.1. The topological polar surface area (TPSA) is 101 Å². The summed E-state index contributed by atoms with van der Waals surface area (Å²) in [6, 6.07) is 0. The Hall–Kier alpha value is -0.560. The molecule has 1 rings (SSSR count). The van der Waals surface area contributed by atoms with Gasteiger partial charge in [-0.2, -0.15) is 0 Å². The van der Waals surface area contributed by atoms with Crippen LogP contribution in [-0.4, -0.2) is 82.2 Å². The summed E-state index contributed by atoms with van der Waals surface area (Å²) in [5, 5.41) is 3.52. The molecular formula is C13H25N4O6PS3. The first-order valence-corrected chi connectivity index (χ1v) is 12.6. The maximum atomic E-state index is 12.6.